The summed E-state index contributed by atoms with van der Waals surface area (Å²) in [7, 11) is 0. The van der Waals surface area contributed by atoms with Crippen LogP contribution in [0.3, 0.4) is 0 Å². The molecule has 7 nitrogen and oxygen atoms in total. The highest BCUT2D eigenvalue weighted by Crippen LogP contribution is 2.42. The van der Waals surface area contributed by atoms with Crippen molar-refractivity contribution in [1.82, 2.24) is 20.1 Å². The van der Waals surface area contributed by atoms with E-state index in [2.05, 4.69) is 21.2 Å². The molecule has 7 heteroatoms. The maximum atomic E-state index is 13.5. The highest BCUT2D eigenvalue weighted by Gasteiger charge is 2.29. The third kappa shape index (κ3) is 4.22. The van der Waals surface area contributed by atoms with Crippen molar-refractivity contribution in [3.05, 3.63) is 70.0 Å². The van der Waals surface area contributed by atoms with E-state index < -0.39 is 5.97 Å². The molecule has 0 bridgehead atoms. The van der Waals surface area contributed by atoms with Gasteiger partial charge >= 0.3 is 5.97 Å². The summed E-state index contributed by atoms with van der Waals surface area (Å²) in [5.41, 5.74) is 5.40. The third-order valence-corrected chi connectivity index (χ3v) is 7.42. The number of hydrogen-bond acceptors (Lipinski definition) is 4. The largest absolute Gasteiger partial charge is 0.478 e. The molecule has 2 N–H and O–H groups in total. The summed E-state index contributed by atoms with van der Waals surface area (Å²) in [5.74, 6) is 1.43. The molecule has 2 aromatic carbocycles. The van der Waals surface area contributed by atoms with Crippen LogP contribution in [0.4, 0.5) is 0 Å². The van der Waals surface area contributed by atoms with Gasteiger partial charge in [-0.25, -0.2) is 9.78 Å². The SMILES string of the molecule is Cc1nc(-c2cc(C(=O)N3CCC(c4ccc(C(=O)O)cc4)CC3)c(C)cc2C2CCC2)n[nH]1. The first kappa shape index (κ1) is 22.3. The van der Waals surface area contributed by atoms with Crippen LogP contribution in [-0.4, -0.2) is 50.2 Å². The Morgan fingerprint density at radius 1 is 1.00 bits per heavy atom. The van der Waals surface area contributed by atoms with Gasteiger partial charge in [0.1, 0.15) is 5.82 Å². The van der Waals surface area contributed by atoms with E-state index in [9.17, 15) is 9.59 Å². The lowest BCUT2D eigenvalue weighted by atomic mass is 9.77. The predicted molar refractivity (Wildman–Crippen MR) is 129 cm³/mol. The quantitative estimate of drug-likeness (QED) is 0.556. The number of nitrogens with one attached hydrogen (secondary N) is 1. The highest BCUT2D eigenvalue weighted by molar-refractivity contribution is 5.97. The van der Waals surface area contributed by atoms with Crippen LogP contribution >= 0.6 is 0 Å². The van der Waals surface area contributed by atoms with Crippen molar-refractivity contribution in [2.45, 2.75) is 57.8 Å². The first-order valence-corrected chi connectivity index (χ1v) is 12.1. The van der Waals surface area contributed by atoms with Gasteiger partial charge in [0.15, 0.2) is 5.82 Å². The van der Waals surface area contributed by atoms with Crippen LogP contribution < -0.4 is 0 Å². The van der Waals surface area contributed by atoms with Crippen LogP contribution in [0.2, 0.25) is 0 Å². The van der Waals surface area contributed by atoms with Crippen LogP contribution in [0, 0.1) is 13.8 Å². The van der Waals surface area contributed by atoms with Crippen molar-refractivity contribution in [2.24, 2.45) is 0 Å². The second-order valence-electron chi connectivity index (χ2n) is 9.62. The van der Waals surface area contributed by atoms with Gasteiger partial charge in [-0.2, -0.15) is 5.10 Å². The van der Waals surface area contributed by atoms with Crippen molar-refractivity contribution in [3.63, 3.8) is 0 Å². The Morgan fingerprint density at radius 2 is 1.71 bits per heavy atom. The normalized spacial score (nSPS) is 16.9. The number of carboxylic acids is 1. The van der Waals surface area contributed by atoms with Crippen molar-refractivity contribution in [1.29, 1.82) is 0 Å². The molecule has 1 saturated heterocycles. The Balaban J connectivity index is 1.35. The number of aromatic amines is 1. The van der Waals surface area contributed by atoms with Crippen molar-refractivity contribution >= 4 is 11.9 Å². The van der Waals surface area contributed by atoms with Crippen LogP contribution in [0.5, 0.6) is 0 Å². The van der Waals surface area contributed by atoms with Crippen LogP contribution in [0.1, 0.15) is 87.2 Å². The van der Waals surface area contributed by atoms with Crippen molar-refractivity contribution in [3.8, 4) is 11.4 Å². The Hall–Kier alpha value is -3.48. The molecule has 3 aromatic rings. The summed E-state index contributed by atoms with van der Waals surface area (Å²) in [6.07, 6.45) is 5.31. The van der Waals surface area contributed by atoms with E-state index in [4.69, 9.17) is 5.11 Å². The number of aryl methyl sites for hydroxylation is 2. The Bertz CT molecular complexity index is 1220. The summed E-state index contributed by atoms with van der Waals surface area (Å²) in [6, 6.07) is 11.3. The minimum absolute atomic E-state index is 0.0610. The number of likely N-dealkylation sites (tertiary alicyclic amines) is 1. The number of benzene rings is 2. The Kier molecular flexibility index (Phi) is 5.94. The number of rotatable bonds is 5. The van der Waals surface area contributed by atoms with Gasteiger partial charge in [-0.05, 0) is 86.3 Å². The minimum Gasteiger partial charge on any atom is -0.478 e. The van der Waals surface area contributed by atoms with Gasteiger partial charge in [0, 0.05) is 24.2 Å². The number of piperidine rings is 1. The van der Waals surface area contributed by atoms with Crippen LogP contribution in [0.15, 0.2) is 36.4 Å². The van der Waals surface area contributed by atoms with E-state index >= 15 is 0 Å². The number of carbonyl (C=O) groups excluding carboxylic acids is 1. The molecular formula is C27H30N4O3. The summed E-state index contributed by atoms with van der Waals surface area (Å²) >= 11 is 0. The summed E-state index contributed by atoms with van der Waals surface area (Å²) < 4.78 is 0. The molecule has 0 radical (unpaired) electrons. The average Bonchev–Trinajstić information content (AvgIpc) is 3.24. The van der Waals surface area contributed by atoms with E-state index in [1.807, 2.05) is 36.9 Å². The van der Waals surface area contributed by atoms with E-state index in [-0.39, 0.29) is 5.91 Å². The predicted octanol–water partition coefficient (Wildman–Crippen LogP) is 5.07. The van der Waals surface area contributed by atoms with Crippen molar-refractivity contribution < 1.29 is 14.7 Å². The minimum atomic E-state index is -0.912. The number of carbonyl (C=O) groups is 2. The van der Waals surface area contributed by atoms with Gasteiger partial charge in [0.2, 0.25) is 0 Å². The fourth-order valence-electron chi connectivity index (χ4n) is 5.16. The molecule has 1 aliphatic carbocycles. The zero-order chi connectivity index (χ0) is 23.8. The van der Waals surface area contributed by atoms with Gasteiger partial charge in [0.05, 0.1) is 5.56 Å². The molecule has 1 aromatic heterocycles. The second-order valence-corrected chi connectivity index (χ2v) is 9.62. The highest BCUT2D eigenvalue weighted by atomic mass is 16.4. The van der Waals surface area contributed by atoms with Gasteiger partial charge in [-0.1, -0.05) is 24.6 Å². The van der Waals surface area contributed by atoms with E-state index in [1.54, 1.807) is 12.1 Å². The lowest BCUT2D eigenvalue weighted by molar-refractivity contribution is 0.0691. The molecule has 1 aliphatic heterocycles. The van der Waals surface area contributed by atoms with Gasteiger partial charge in [0.25, 0.3) is 5.91 Å². The first-order chi connectivity index (χ1) is 16.4. The van der Waals surface area contributed by atoms with E-state index in [0.717, 1.165) is 40.9 Å². The topological polar surface area (TPSA) is 99.2 Å². The number of aromatic nitrogens is 3. The molecule has 1 amide bonds. The average molecular weight is 459 g/mol. The van der Waals surface area contributed by atoms with Gasteiger partial charge in [-0.15, -0.1) is 0 Å². The summed E-state index contributed by atoms with van der Waals surface area (Å²) in [5, 5.41) is 16.4. The third-order valence-electron chi connectivity index (χ3n) is 7.42. The fourth-order valence-corrected chi connectivity index (χ4v) is 5.16. The molecule has 0 spiro atoms. The summed E-state index contributed by atoms with van der Waals surface area (Å²) in [4.78, 5) is 31.2. The monoisotopic (exact) mass is 458 g/mol. The lowest BCUT2D eigenvalue weighted by Gasteiger charge is -2.33. The van der Waals surface area contributed by atoms with E-state index in [0.29, 0.717) is 36.3 Å². The van der Waals surface area contributed by atoms with Crippen LogP contribution in [-0.2, 0) is 0 Å². The fraction of sp³-hybridized carbons (Fsp3) is 0.407. The second kappa shape index (κ2) is 9.05. The molecule has 2 heterocycles. The standard InChI is InChI=1S/C27H30N4O3/c1-16-14-23(20-4-3-5-20)24(25-28-17(2)29-30-25)15-22(16)26(32)31-12-10-19(11-13-31)18-6-8-21(9-7-18)27(33)34/h6-9,14-15,19-20H,3-5,10-13H2,1-2H3,(H,33,34)(H,28,29,30). The maximum absolute atomic E-state index is 13.5. The number of carboxylic acid groups (broad SMARTS) is 1. The molecule has 34 heavy (non-hydrogen) atoms. The molecule has 5 rings (SSSR count). The molecule has 0 unspecified atom stereocenters. The first-order valence-electron chi connectivity index (χ1n) is 12.1. The molecular weight excluding hydrogens is 428 g/mol. The van der Waals surface area contributed by atoms with E-state index in [1.165, 1.54) is 24.8 Å². The molecule has 1 saturated carbocycles. The lowest BCUT2D eigenvalue weighted by Crippen LogP contribution is -2.38. The molecule has 0 atom stereocenters. The molecule has 2 fully saturated rings. The number of amides is 1. The number of hydrogen-bond donors (Lipinski definition) is 2. The number of aromatic carboxylic acids is 1. The summed E-state index contributed by atoms with van der Waals surface area (Å²) in [6.45, 7) is 5.28. The van der Waals surface area contributed by atoms with Crippen molar-refractivity contribution in [2.75, 3.05) is 13.1 Å². The maximum Gasteiger partial charge on any atom is 0.335 e. The molecule has 176 valence electrons. The zero-order valence-corrected chi connectivity index (χ0v) is 19.7. The number of nitrogens with zero attached hydrogens (tertiary/aromatic N) is 3. The Labute approximate surface area is 199 Å². The molecule has 2 aliphatic rings. The smallest absolute Gasteiger partial charge is 0.335 e. The van der Waals surface area contributed by atoms with Crippen LogP contribution in [0.25, 0.3) is 11.4 Å². The zero-order valence-electron chi connectivity index (χ0n) is 19.7. The number of H-pyrrole nitrogens is 1. The van der Waals surface area contributed by atoms with Gasteiger partial charge < -0.3 is 10.0 Å². The van der Waals surface area contributed by atoms with Gasteiger partial charge in [-0.3, -0.25) is 9.89 Å². The Morgan fingerprint density at radius 3 is 2.26 bits per heavy atom.